The van der Waals surface area contributed by atoms with E-state index in [-0.39, 0.29) is 11.8 Å². The van der Waals surface area contributed by atoms with E-state index in [0.717, 1.165) is 38.9 Å². The second-order valence-corrected chi connectivity index (χ2v) is 5.20. The minimum atomic E-state index is 0.189. The first-order valence-electron chi connectivity index (χ1n) is 6.93. The molecule has 1 N–H and O–H groups in total. The van der Waals surface area contributed by atoms with Crippen LogP contribution in [0.5, 0.6) is 0 Å². The minimum absolute atomic E-state index is 0.189. The molecule has 2 rings (SSSR count). The first-order valence-corrected chi connectivity index (χ1v) is 6.93. The summed E-state index contributed by atoms with van der Waals surface area (Å²) in [6.45, 7) is 3.10. The molecule has 2 aliphatic rings. The van der Waals surface area contributed by atoms with Gasteiger partial charge < -0.3 is 15.1 Å². The Bertz CT molecular complexity index is 319. The number of piperidine rings is 1. The van der Waals surface area contributed by atoms with Gasteiger partial charge in [-0.05, 0) is 26.3 Å². The maximum atomic E-state index is 12.1. The Labute approximate surface area is 108 Å². The quantitative estimate of drug-likeness (QED) is 0.779. The van der Waals surface area contributed by atoms with Gasteiger partial charge in [0.2, 0.25) is 11.8 Å². The van der Waals surface area contributed by atoms with Crippen LogP contribution in [0.15, 0.2) is 0 Å². The van der Waals surface area contributed by atoms with Gasteiger partial charge in [0.05, 0.1) is 0 Å². The third-order valence-electron chi connectivity index (χ3n) is 3.95. The monoisotopic (exact) mass is 253 g/mol. The normalized spacial score (nSPS) is 24.7. The van der Waals surface area contributed by atoms with E-state index < -0.39 is 0 Å². The third-order valence-corrected chi connectivity index (χ3v) is 3.95. The third kappa shape index (κ3) is 3.22. The topological polar surface area (TPSA) is 52.7 Å². The number of hydrogen-bond acceptors (Lipinski definition) is 3. The van der Waals surface area contributed by atoms with Crippen molar-refractivity contribution in [1.82, 2.24) is 15.1 Å². The summed E-state index contributed by atoms with van der Waals surface area (Å²) >= 11 is 0. The summed E-state index contributed by atoms with van der Waals surface area (Å²) in [5.41, 5.74) is 0. The standard InChI is InChI=1S/C13H23N3O2/c1-14-11-4-2-8-16(10-11)13(18)6-9-15-7-3-5-12(15)17/h11,14H,2-10H2,1H3. The zero-order chi connectivity index (χ0) is 13.0. The molecule has 2 aliphatic heterocycles. The molecule has 5 heteroatoms. The van der Waals surface area contributed by atoms with Crippen molar-refractivity contribution in [3.8, 4) is 0 Å². The van der Waals surface area contributed by atoms with Crippen LogP contribution in [0.3, 0.4) is 0 Å². The van der Waals surface area contributed by atoms with Crippen LogP contribution in [-0.4, -0.2) is 60.9 Å². The largest absolute Gasteiger partial charge is 0.342 e. The van der Waals surface area contributed by atoms with Gasteiger partial charge in [0, 0.05) is 45.1 Å². The lowest BCUT2D eigenvalue weighted by Gasteiger charge is -2.33. The summed E-state index contributed by atoms with van der Waals surface area (Å²) < 4.78 is 0. The molecule has 2 amide bonds. The Kier molecular flexibility index (Phi) is 4.58. The summed E-state index contributed by atoms with van der Waals surface area (Å²) in [5, 5.41) is 3.23. The molecule has 2 fully saturated rings. The molecule has 0 saturated carbocycles. The van der Waals surface area contributed by atoms with Gasteiger partial charge in [-0.1, -0.05) is 0 Å². The van der Waals surface area contributed by atoms with Gasteiger partial charge >= 0.3 is 0 Å². The van der Waals surface area contributed by atoms with Crippen LogP contribution in [0.1, 0.15) is 32.1 Å². The van der Waals surface area contributed by atoms with Crippen molar-refractivity contribution < 1.29 is 9.59 Å². The van der Waals surface area contributed by atoms with Crippen molar-refractivity contribution in [2.24, 2.45) is 0 Å². The maximum Gasteiger partial charge on any atom is 0.224 e. The smallest absolute Gasteiger partial charge is 0.224 e. The predicted octanol–water partition coefficient (Wildman–Crippen LogP) is 0.209. The molecule has 1 atom stereocenters. The van der Waals surface area contributed by atoms with E-state index >= 15 is 0 Å². The summed E-state index contributed by atoms with van der Waals surface area (Å²) in [6, 6.07) is 0.427. The molecule has 0 aliphatic carbocycles. The Balaban J connectivity index is 1.75. The highest BCUT2D eigenvalue weighted by Gasteiger charge is 2.24. The Hall–Kier alpha value is -1.10. The van der Waals surface area contributed by atoms with Crippen molar-refractivity contribution in [3.05, 3.63) is 0 Å². The van der Waals surface area contributed by atoms with E-state index in [2.05, 4.69) is 5.32 Å². The van der Waals surface area contributed by atoms with Gasteiger partial charge in [0.15, 0.2) is 0 Å². The number of carbonyl (C=O) groups is 2. The fraction of sp³-hybridized carbons (Fsp3) is 0.846. The summed E-state index contributed by atoms with van der Waals surface area (Å²) in [6.07, 6.45) is 4.28. The second kappa shape index (κ2) is 6.18. The van der Waals surface area contributed by atoms with Gasteiger partial charge in [-0.25, -0.2) is 0 Å². The molecule has 0 aromatic heterocycles. The van der Waals surface area contributed by atoms with Crippen molar-refractivity contribution in [3.63, 3.8) is 0 Å². The van der Waals surface area contributed by atoms with Gasteiger partial charge in [0.1, 0.15) is 0 Å². The number of likely N-dealkylation sites (N-methyl/N-ethyl adjacent to an activating group) is 1. The molecular formula is C13H23N3O2. The first kappa shape index (κ1) is 13.3. The maximum absolute atomic E-state index is 12.1. The summed E-state index contributed by atoms with van der Waals surface area (Å²) in [5.74, 6) is 0.393. The molecule has 2 saturated heterocycles. The molecule has 1 unspecified atom stereocenters. The van der Waals surface area contributed by atoms with Crippen molar-refractivity contribution in [2.45, 2.75) is 38.1 Å². The highest BCUT2D eigenvalue weighted by atomic mass is 16.2. The molecule has 102 valence electrons. The zero-order valence-corrected chi connectivity index (χ0v) is 11.2. The van der Waals surface area contributed by atoms with E-state index in [1.807, 2.05) is 16.8 Å². The van der Waals surface area contributed by atoms with Crippen molar-refractivity contribution in [2.75, 3.05) is 33.2 Å². The van der Waals surface area contributed by atoms with Gasteiger partial charge in [0.25, 0.3) is 0 Å². The van der Waals surface area contributed by atoms with E-state index in [0.29, 0.717) is 25.4 Å². The molecular weight excluding hydrogens is 230 g/mol. The molecule has 0 aromatic rings. The van der Waals surface area contributed by atoms with Crippen LogP contribution >= 0.6 is 0 Å². The predicted molar refractivity (Wildman–Crippen MR) is 69.1 cm³/mol. The Morgan fingerprint density at radius 1 is 1.39 bits per heavy atom. The van der Waals surface area contributed by atoms with Crippen LogP contribution in [0, 0.1) is 0 Å². The molecule has 5 nitrogen and oxygen atoms in total. The SMILES string of the molecule is CNC1CCCN(C(=O)CCN2CCCC2=O)C1. The van der Waals surface area contributed by atoms with Gasteiger partial charge in [-0.2, -0.15) is 0 Å². The highest BCUT2D eigenvalue weighted by Crippen LogP contribution is 2.13. The van der Waals surface area contributed by atoms with Gasteiger partial charge in [-0.3, -0.25) is 9.59 Å². The average Bonchev–Trinajstić information content (AvgIpc) is 2.81. The fourth-order valence-corrected chi connectivity index (χ4v) is 2.77. The van der Waals surface area contributed by atoms with E-state index in [4.69, 9.17) is 0 Å². The second-order valence-electron chi connectivity index (χ2n) is 5.20. The van der Waals surface area contributed by atoms with Crippen LogP contribution in [0.25, 0.3) is 0 Å². The number of carbonyl (C=O) groups excluding carboxylic acids is 2. The Morgan fingerprint density at radius 3 is 2.89 bits per heavy atom. The number of amides is 2. The molecule has 0 bridgehead atoms. The number of nitrogens with one attached hydrogen (secondary N) is 1. The summed E-state index contributed by atoms with van der Waals surface area (Å²) in [4.78, 5) is 27.3. The van der Waals surface area contributed by atoms with Crippen LogP contribution in [0.2, 0.25) is 0 Å². The fourth-order valence-electron chi connectivity index (χ4n) is 2.77. The minimum Gasteiger partial charge on any atom is -0.342 e. The van der Waals surface area contributed by atoms with Crippen molar-refractivity contribution in [1.29, 1.82) is 0 Å². The zero-order valence-electron chi connectivity index (χ0n) is 11.2. The van der Waals surface area contributed by atoms with E-state index in [1.54, 1.807) is 0 Å². The van der Waals surface area contributed by atoms with Crippen LogP contribution in [-0.2, 0) is 9.59 Å². The highest BCUT2D eigenvalue weighted by molar-refractivity contribution is 5.80. The number of hydrogen-bond donors (Lipinski definition) is 1. The van der Waals surface area contributed by atoms with E-state index in [1.165, 1.54) is 0 Å². The molecule has 0 spiro atoms. The molecule has 18 heavy (non-hydrogen) atoms. The van der Waals surface area contributed by atoms with Crippen LogP contribution in [0.4, 0.5) is 0 Å². The van der Waals surface area contributed by atoms with Gasteiger partial charge in [-0.15, -0.1) is 0 Å². The number of likely N-dealkylation sites (tertiary alicyclic amines) is 2. The van der Waals surface area contributed by atoms with Crippen LogP contribution < -0.4 is 5.32 Å². The number of nitrogens with zero attached hydrogens (tertiary/aromatic N) is 2. The molecule has 0 radical (unpaired) electrons. The number of rotatable bonds is 4. The van der Waals surface area contributed by atoms with E-state index in [9.17, 15) is 9.59 Å². The Morgan fingerprint density at radius 2 is 2.22 bits per heavy atom. The lowest BCUT2D eigenvalue weighted by molar-refractivity contribution is -0.134. The summed E-state index contributed by atoms with van der Waals surface area (Å²) in [7, 11) is 1.95. The van der Waals surface area contributed by atoms with Crippen molar-refractivity contribution >= 4 is 11.8 Å². The lowest BCUT2D eigenvalue weighted by atomic mass is 10.1. The first-order chi connectivity index (χ1) is 8.70. The molecule has 2 heterocycles. The lowest BCUT2D eigenvalue weighted by Crippen LogP contribution is -2.47. The molecule has 0 aromatic carbocycles. The average molecular weight is 253 g/mol.